The molecule has 3 rings (SSSR count). The minimum atomic E-state index is -0.891. The van der Waals surface area contributed by atoms with Crippen LogP contribution in [0.15, 0.2) is 36.5 Å². The molecule has 0 radical (unpaired) electrons. The van der Waals surface area contributed by atoms with Crippen molar-refractivity contribution in [3.63, 3.8) is 0 Å². The molecular formula is C21H24N4O4. The molecule has 1 fully saturated rings. The zero-order valence-electron chi connectivity index (χ0n) is 16.5. The van der Waals surface area contributed by atoms with Crippen molar-refractivity contribution < 1.29 is 19.5 Å². The standard InChI is InChI=1S/C21H24N4O4/c1-14-17(11-22-19(23-14)15-7-4-3-5-8-15)20(27)24(2)13-18(26)25-10-6-9-16(12-25)21(28)29/h3-5,7-8,11,16H,6,9-10,12-13H2,1-2H3,(H,28,29). The predicted octanol–water partition coefficient (Wildman–Crippen LogP) is 1.85. The first-order chi connectivity index (χ1) is 13.9. The summed E-state index contributed by atoms with van der Waals surface area (Å²) in [5.41, 5.74) is 1.73. The maximum Gasteiger partial charge on any atom is 0.308 e. The van der Waals surface area contributed by atoms with E-state index in [9.17, 15) is 19.5 Å². The Morgan fingerprint density at radius 1 is 1.24 bits per heavy atom. The van der Waals surface area contributed by atoms with Gasteiger partial charge in [-0.1, -0.05) is 30.3 Å². The first-order valence-corrected chi connectivity index (χ1v) is 9.52. The molecule has 2 amide bonds. The largest absolute Gasteiger partial charge is 0.481 e. The predicted molar refractivity (Wildman–Crippen MR) is 106 cm³/mol. The smallest absolute Gasteiger partial charge is 0.308 e. The third kappa shape index (κ3) is 4.77. The zero-order chi connectivity index (χ0) is 21.0. The highest BCUT2D eigenvalue weighted by Crippen LogP contribution is 2.18. The van der Waals surface area contributed by atoms with E-state index in [4.69, 9.17) is 0 Å². The molecule has 29 heavy (non-hydrogen) atoms. The topological polar surface area (TPSA) is 104 Å². The fourth-order valence-electron chi connectivity index (χ4n) is 3.39. The summed E-state index contributed by atoms with van der Waals surface area (Å²) in [6, 6.07) is 9.47. The molecule has 2 aromatic rings. The van der Waals surface area contributed by atoms with Gasteiger partial charge in [0.2, 0.25) is 5.91 Å². The van der Waals surface area contributed by atoms with Crippen LogP contribution < -0.4 is 0 Å². The number of benzene rings is 1. The first-order valence-electron chi connectivity index (χ1n) is 9.52. The molecule has 1 aliphatic heterocycles. The summed E-state index contributed by atoms with van der Waals surface area (Å²) in [6.07, 6.45) is 2.70. The Morgan fingerprint density at radius 3 is 2.62 bits per heavy atom. The molecule has 0 aliphatic carbocycles. The van der Waals surface area contributed by atoms with E-state index >= 15 is 0 Å². The zero-order valence-corrected chi connectivity index (χ0v) is 16.5. The highest BCUT2D eigenvalue weighted by atomic mass is 16.4. The summed E-state index contributed by atoms with van der Waals surface area (Å²) in [5.74, 6) is -1.51. The van der Waals surface area contributed by atoms with Gasteiger partial charge in [-0.05, 0) is 19.8 Å². The molecule has 8 nitrogen and oxygen atoms in total. The van der Waals surface area contributed by atoms with Crippen LogP contribution in [0.4, 0.5) is 0 Å². The number of rotatable bonds is 5. The molecule has 1 aromatic heterocycles. The normalized spacial score (nSPS) is 16.3. The van der Waals surface area contributed by atoms with Crippen molar-refractivity contribution in [3.05, 3.63) is 47.8 Å². The van der Waals surface area contributed by atoms with Gasteiger partial charge in [-0.15, -0.1) is 0 Å². The van der Waals surface area contributed by atoms with Gasteiger partial charge in [-0.25, -0.2) is 9.97 Å². The highest BCUT2D eigenvalue weighted by molar-refractivity contribution is 5.97. The molecule has 2 heterocycles. The molecule has 1 aliphatic rings. The number of likely N-dealkylation sites (N-methyl/N-ethyl adjacent to an activating group) is 1. The van der Waals surface area contributed by atoms with E-state index in [1.165, 1.54) is 16.0 Å². The average Bonchev–Trinajstić information content (AvgIpc) is 2.73. The first kappa shape index (κ1) is 20.4. The lowest BCUT2D eigenvalue weighted by Gasteiger charge is -2.32. The van der Waals surface area contributed by atoms with Crippen molar-refractivity contribution >= 4 is 17.8 Å². The summed E-state index contributed by atoms with van der Waals surface area (Å²) in [6.45, 7) is 2.31. The van der Waals surface area contributed by atoms with Crippen LogP contribution in [0, 0.1) is 12.8 Å². The third-order valence-electron chi connectivity index (χ3n) is 5.08. The number of carbonyl (C=O) groups is 3. The quantitative estimate of drug-likeness (QED) is 0.827. The number of nitrogens with zero attached hydrogens (tertiary/aromatic N) is 4. The van der Waals surface area contributed by atoms with Crippen molar-refractivity contribution in [2.75, 3.05) is 26.7 Å². The maximum atomic E-state index is 12.8. The van der Waals surface area contributed by atoms with Gasteiger partial charge in [0.05, 0.1) is 23.7 Å². The van der Waals surface area contributed by atoms with Gasteiger partial charge in [0.25, 0.3) is 5.91 Å². The molecule has 1 atom stereocenters. The molecule has 1 unspecified atom stereocenters. The van der Waals surface area contributed by atoms with E-state index < -0.39 is 11.9 Å². The third-order valence-corrected chi connectivity index (χ3v) is 5.08. The number of hydrogen-bond acceptors (Lipinski definition) is 5. The number of aryl methyl sites for hydroxylation is 1. The molecular weight excluding hydrogens is 372 g/mol. The summed E-state index contributed by atoms with van der Waals surface area (Å²) in [5, 5.41) is 9.18. The van der Waals surface area contributed by atoms with E-state index in [0.717, 1.165) is 5.56 Å². The van der Waals surface area contributed by atoms with Crippen LogP contribution in [-0.4, -0.2) is 69.3 Å². The van der Waals surface area contributed by atoms with Gasteiger partial charge in [-0.3, -0.25) is 14.4 Å². The van der Waals surface area contributed by atoms with Crippen molar-refractivity contribution in [2.45, 2.75) is 19.8 Å². The Balaban J connectivity index is 1.67. The number of amides is 2. The molecule has 1 saturated heterocycles. The molecule has 1 N–H and O–H groups in total. The van der Waals surface area contributed by atoms with Gasteiger partial charge < -0.3 is 14.9 Å². The molecule has 152 valence electrons. The number of carbonyl (C=O) groups excluding carboxylic acids is 2. The number of likely N-dealkylation sites (tertiary alicyclic amines) is 1. The second-order valence-corrected chi connectivity index (χ2v) is 7.24. The lowest BCUT2D eigenvalue weighted by molar-refractivity contribution is -0.145. The van der Waals surface area contributed by atoms with Crippen LogP contribution in [-0.2, 0) is 9.59 Å². The second-order valence-electron chi connectivity index (χ2n) is 7.24. The number of carboxylic acids is 1. The van der Waals surface area contributed by atoms with Crippen LogP contribution in [0.5, 0.6) is 0 Å². The van der Waals surface area contributed by atoms with Crippen LogP contribution in [0.2, 0.25) is 0 Å². The molecule has 0 bridgehead atoms. The number of aliphatic carboxylic acids is 1. The van der Waals surface area contributed by atoms with Gasteiger partial charge >= 0.3 is 5.97 Å². The van der Waals surface area contributed by atoms with E-state index in [1.54, 1.807) is 14.0 Å². The molecule has 1 aromatic carbocycles. The second kappa shape index (κ2) is 8.81. The lowest BCUT2D eigenvalue weighted by atomic mass is 9.98. The van der Waals surface area contributed by atoms with Crippen LogP contribution >= 0.6 is 0 Å². The Labute approximate surface area is 169 Å². The Kier molecular flexibility index (Phi) is 6.21. The van der Waals surface area contributed by atoms with E-state index in [-0.39, 0.29) is 24.9 Å². The van der Waals surface area contributed by atoms with Crippen molar-refractivity contribution in [1.29, 1.82) is 0 Å². The molecule has 8 heteroatoms. The van der Waals surface area contributed by atoms with E-state index in [0.29, 0.717) is 36.5 Å². The van der Waals surface area contributed by atoms with E-state index in [1.807, 2.05) is 30.3 Å². The SMILES string of the molecule is Cc1nc(-c2ccccc2)ncc1C(=O)N(C)CC(=O)N1CCCC(C(=O)O)C1. The number of aromatic nitrogens is 2. The lowest BCUT2D eigenvalue weighted by Crippen LogP contribution is -2.47. The fourth-order valence-corrected chi connectivity index (χ4v) is 3.39. The van der Waals surface area contributed by atoms with Crippen LogP contribution in [0.25, 0.3) is 11.4 Å². The van der Waals surface area contributed by atoms with Crippen molar-refractivity contribution in [3.8, 4) is 11.4 Å². The average molecular weight is 396 g/mol. The van der Waals surface area contributed by atoms with Crippen LogP contribution in [0.1, 0.15) is 28.9 Å². The minimum absolute atomic E-state index is 0.120. The molecule has 0 spiro atoms. The minimum Gasteiger partial charge on any atom is -0.481 e. The summed E-state index contributed by atoms with van der Waals surface area (Å²) < 4.78 is 0. The molecule has 0 saturated carbocycles. The number of hydrogen-bond donors (Lipinski definition) is 1. The fraction of sp³-hybridized carbons (Fsp3) is 0.381. The summed E-state index contributed by atoms with van der Waals surface area (Å²) in [7, 11) is 1.55. The van der Waals surface area contributed by atoms with Gasteiger partial charge in [0.1, 0.15) is 0 Å². The van der Waals surface area contributed by atoms with Crippen molar-refractivity contribution in [1.82, 2.24) is 19.8 Å². The Morgan fingerprint density at radius 2 is 1.97 bits per heavy atom. The summed E-state index contributed by atoms with van der Waals surface area (Å²) in [4.78, 5) is 48.1. The summed E-state index contributed by atoms with van der Waals surface area (Å²) >= 11 is 0. The van der Waals surface area contributed by atoms with E-state index in [2.05, 4.69) is 9.97 Å². The maximum absolute atomic E-state index is 12.8. The monoisotopic (exact) mass is 396 g/mol. The Bertz CT molecular complexity index is 916. The Hall–Kier alpha value is -3.29. The number of piperidine rings is 1. The van der Waals surface area contributed by atoms with Gasteiger partial charge in [-0.2, -0.15) is 0 Å². The van der Waals surface area contributed by atoms with Crippen molar-refractivity contribution in [2.24, 2.45) is 5.92 Å². The van der Waals surface area contributed by atoms with Crippen LogP contribution in [0.3, 0.4) is 0 Å². The van der Waals surface area contributed by atoms with Gasteiger partial charge in [0, 0.05) is 31.9 Å². The van der Waals surface area contributed by atoms with Gasteiger partial charge in [0.15, 0.2) is 5.82 Å². The highest BCUT2D eigenvalue weighted by Gasteiger charge is 2.29. The number of carboxylic acid groups (broad SMARTS) is 1.